The summed E-state index contributed by atoms with van der Waals surface area (Å²) in [6, 6.07) is 14.1. The predicted octanol–water partition coefficient (Wildman–Crippen LogP) is 3.48. The van der Waals surface area contributed by atoms with Crippen LogP contribution in [0, 0.1) is 5.92 Å². The lowest BCUT2D eigenvalue weighted by atomic mass is 10.1. The first-order chi connectivity index (χ1) is 13.9. The summed E-state index contributed by atoms with van der Waals surface area (Å²) in [6.07, 6.45) is 0.979. The van der Waals surface area contributed by atoms with Gasteiger partial charge in [-0.3, -0.25) is 14.4 Å². The topological polar surface area (TPSA) is 104 Å². The number of H-pyrrole nitrogens is 1. The van der Waals surface area contributed by atoms with Crippen LogP contribution in [0.4, 0.5) is 11.4 Å². The van der Waals surface area contributed by atoms with Crippen molar-refractivity contribution in [3.8, 4) is 0 Å². The van der Waals surface area contributed by atoms with Gasteiger partial charge in [0.05, 0.1) is 10.9 Å². The minimum Gasteiger partial charge on any atom is -0.326 e. The summed E-state index contributed by atoms with van der Waals surface area (Å²) in [7, 11) is 0. The molecule has 0 saturated heterocycles. The maximum atomic E-state index is 12.2. The Kier molecular flexibility index (Phi) is 6.39. The highest BCUT2D eigenvalue weighted by atomic mass is 16.2. The van der Waals surface area contributed by atoms with Gasteiger partial charge in [0.1, 0.15) is 5.82 Å². The van der Waals surface area contributed by atoms with E-state index in [9.17, 15) is 14.4 Å². The highest BCUT2D eigenvalue weighted by Gasteiger charge is 2.08. The average molecular weight is 392 g/mol. The zero-order valence-corrected chi connectivity index (χ0v) is 16.5. The summed E-state index contributed by atoms with van der Waals surface area (Å²) in [6.45, 7) is 3.97. The van der Waals surface area contributed by atoms with Crippen LogP contribution in [-0.2, 0) is 16.0 Å². The van der Waals surface area contributed by atoms with Gasteiger partial charge in [-0.15, -0.1) is 0 Å². The van der Waals surface area contributed by atoms with Crippen molar-refractivity contribution in [3.63, 3.8) is 0 Å². The van der Waals surface area contributed by atoms with E-state index < -0.39 is 0 Å². The third kappa shape index (κ3) is 5.75. The van der Waals surface area contributed by atoms with Crippen LogP contribution >= 0.6 is 0 Å². The summed E-state index contributed by atoms with van der Waals surface area (Å²) in [5, 5.41) is 6.16. The number of nitrogens with zero attached hydrogens (tertiary/aromatic N) is 1. The molecule has 29 heavy (non-hydrogen) atoms. The fraction of sp³-hybridized carbons (Fsp3) is 0.273. The number of fused-ring (bicyclic) bond motifs is 1. The molecule has 3 N–H and O–H groups in total. The van der Waals surface area contributed by atoms with Crippen LogP contribution in [0.15, 0.2) is 53.3 Å². The lowest BCUT2D eigenvalue weighted by molar-refractivity contribution is -0.117. The molecule has 1 aromatic heterocycles. The minimum atomic E-state index is -0.207. The first-order valence-corrected chi connectivity index (χ1v) is 9.58. The number of hydrogen-bond acceptors (Lipinski definition) is 4. The Balaban J connectivity index is 1.54. The van der Waals surface area contributed by atoms with E-state index in [4.69, 9.17) is 0 Å². The number of anilines is 2. The molecule has 0 saturated carbocycles. The molecular weight excluding hydrogens is 368 g/mol. The van der Waals surface area contributed by atoms with E-state index in [1.54, 1.807) is 42.5 Å². The van der Waals surface area contributed by atoms with Gasteiger partial charge in [-0.05, 0) is 42.3 Å². The molecule has 7 heteroatoms. The second-order valence-corrected chi connectivity index (χ2v) is 7.30. The Bertz CT molecular complexity index is 1070. The number of aromatic amines is 1. The lowest BCUT2D eigenvalue weighted by Gasteiger charge is -2.09. The van der Waals surface area contributed by atoms with Crippen molar-refractivity contribution in [3.05, 3.63) is 64.7 Å². The molecule has 0 bridgehead atoms. The fourth-order valence-electron chi connectivity index (χ4n) is 2.93. The van der Waals surface area contributed by atoms with Gasteiger partial charge in [-0.25, -0.2) is 4.98 Å². The van der Waals surface area contributed by atoms with Crippen molar-refractivity contribution in [2.24, 2.45) is 5.92 Å². The van der Waals surface area contributed by atoms with E-state index >= 15 is 0 Å². The van der Waals surface area contributed by atoms with Gasteiger partial charge in [0, 0.05) is 30.6 Å². The summed E-state index contributed by atoms with van der Waals surface area (Å²) in [5.41, 5.74) is 1.73. The monoisotopic (exact) mass is 392 g/mol. The van der Waals surface area contributed by atoms with E-state index in [0.717, 1.165) is 0 Å². The van der Waals surface area contributed by atoms with Gasteiger partial charge in [-0.2, -0.15) is 0 Å². The SMILES string of the molecule is CC(C)CC(=O)Nc1ccc(NC(=O)CCc2nc3ccccc3c(=O)[nH]2)cc1. The molecule has 2 amide bonds. The number of carbonyl (C=O) groups excluding carboxylic acids is 2. The van der Waals surface area contributed by atoms with Gasteiger partial charge in [0.15, 0.2) is 0 Å². The van der Waals surface area contributed by atoms with E-state index in [1.165, 1.54) is 0 Å². The van der Waals surface area contributed by atoms with Gasteiger partial charge in [-0.1, -0.05) is 26.0 Å². The Labute approximate surface area is 168 Å². The molecule has 3 rings (SSSR count). The van der Waals surface area contributed by atoms with Crippen molar-refractivity contribution in [1.82, 2.24) is 9.97 Å². The molecular formula is C22H24N4O3. The highest BCUT2D eigenvalue weighted by Crippen LogP contribution is 2.15. The second-order valence-electron chi connectivity index (χ2n) is 7.30. The third-order valence-electron chi connectivity index (χ3n) is 4.30. The number of amides is 2. The van der Waals surface area contributed by atoms with Crippen LogP contribution in [0.3, 0.4) is 0 Å². The zero-order valence-electron chi connectivity index (χ0n) is 16.5. The van der Waals surface area contributed by atoms with E-state index in [-0.39, 0.29) is 23.8 Å². The van der Waals surface area contributed by atoms with Crippen molar-refractivity contribution in [2.45, 2.75) is 33.1 Å². The number of aryl methyl sites for hydroxylation is 1. The van der Waals surface area contributed by atoms with Crippen LogP contribution in [-0.4, -0.2) is 21.8 Å². The van der Waals surface area contributed by atoms with Gasteiger partial charge in [0.2, 0.25) is 11.8 Å². The van der Waals surface area contributed by atoms with Crippen LogP contribution < -0.4 is 16.2 Å². The molecule has 0 atom stereocenters. The smallest absolute Gasteiger partial charge is 0.258 e. The summed E-state index contributed by atoms with van der Waals surface area (Å²) in [4.78, 5) is 43.2. The van der Waals surface area contributed by atoms with Crippen LogP contribution in [0.2, 0.25) is 0 Å². The molecule has 0 unspecified atom stereocenters. The number of hydrogen-bond donors (Lipinski definition) is 3. The molecule has 0 fully saturated rings. The lowest BCUT2D eigenvalue weighted by Crippen LogP contribution is -2.16. The predicted molar refractivity (Wildman–Crippen MR) is 114 cm³/mol. The molecule has 3 aromatic rings. The molecule has 0 spiro atoms. The Morgan fingerprint density at radius 3 is 2.24 bits per heavy atom. The molecule has 2 aromatic carbocycles. The number of benzene rings is 2. The number of para-hydroxylation sites is 1. The molecule has 150 valence electrons. The average Bonchev–Trinajstić information content (AvgIpc) is 2.67. The highest BCUT2D eigenvalue weighted by molar-refractivity contribution is 5.93. The molecule has 0 aliphatic heterocycles. The van der Waals surface area contributed by atoms with E-state index in [0.29, 0.717) is 46.9 Å². The normalized spacial score (nSPS) is 10.9. The maximum absolute atomic E-state index is 12.2. The standard InChI is InChI=1S/C22H24N4O3/c1-14(2)13-21(28)24-16-9-7-15(8-10-16)23-20(27)12-11-19-25-18-6-4-3-5-17(18)22(29)26-19/h3-10,14H,11-13H2,1-2H3,(H,23,27)(H,24,28)(H,25,26,29). The molecule has 7 nitrogen and oxygen atoms in total. The maximum Gasteiger partial charge on any atom is 0.258 e. The molecule has 1 heterocycles. The van der Waals surface area contributed by atoms with E-state index in [1.807, 2.05) is 19.9 Å². The Morgan fingerprint density at radius 1 is 0.966 bits per heavy atom. The van der Waals surface area contributed by atoms with Crippen LogP contribution in [0.25, 0.3) is 10.9 Å². The van der Waals surface area contributed by atoms with Crippen LogP contribution in [0.1, 0.15) is 32.5 Å². The van der Waals surface area contributed by atoms with Gasteiger partial charge < -0.3 is 15.6 Å². The molecule has 0 aliphatic rings. The summed E-state index contributed by atoms with van der Waals surface area (Å²) in [5.74, 6) is 0.554. The third-order valence-corrected chi connectivity index (χ3v) is 4.30. The van der Waals surface area contributed by atoms with Crippen molar-refractivity contribution >= 4 is 34.1 Å². The minimum absolute atomic E-state index is 0.0336. The number of aromatic nitrogens is 2. The number of rotatable bonds is 7. The molecule has 0 aliphatic carbocycles. The van der Waals surface area contributed by atoms with Crippen molar-refractivity contribution in [1.29, 1.82) is 0 Å². The molecule has 0 radical (unpaired) electrons. The fourth-order valence-corrected chi connectivity index (χ4v) is 2.93. The first kappa shape index (κ1) is 20.3. The largest absolute Gasteiger partial charge is 0.326 e. The van der Waals surface area contributed by atoms with Gasteiger partial charge in [0.25, 0.3) is 5.56 Å². The zero-order chi connectivity index (χ0) is 20.8. The quantitative estimate of drug-likeness (QED) is 0.572. The van der Waals surface area contributed by atoms with Crippen LogP contribution in [0.5, 0.6) is 0 Å². The van der Waals surface area contributed by atoms with Crippen molar-refractivity contribution in [2.75, 3.05) is 10.6 Å². The number of carbonyl (C=O) groups is 2. The Morgan fingerprint density at radius 2 is 1.59 bits per heavy atom. The van der Waals surface area contributed by atoms with Crippen molar-refractivity contribution < 1.29 is 9.59 Å². The Hall–Kier alpha value is -3.48. The first-order valence-electron chi connectivity index (χ1n) is 9.58. The van der Waals surface area contributed by atoms with E-state index in [2.05, 4.69) is 20.6 Å². The summed E-state index contributed by atoms with van der Waals surface area (Å²) >= 11 is 0. The van der Waals surface area contributed by atoms with Gasteiger partial charge >= 0.3 is 0 Å². The summed E-state index contributed by atoms with van der Waals surface area (Å²) < 4.78 is 0. The number of nitrogens with one attached hydrogen (secondary N) is 3. The second kappa shape index (κ2) is 9.14.